The Morgan fingerprint density at radius 3 is 2.48 bits per heavy atom. The van der Waals surface area contributed by atoms with Crippen molar-refractivity contribution in [2.75, 3.05) is 0 Å². The monoisotopic (exact) mass is 282 g/mol. The van der Waals surface area contributed by atoms with Crippen LogP contribution in [0.5, 0.6) is 0 Å². The van der Waals surface area contributed by atoms with Gasteiger partial charge in [-0.15, -0.1) is 0 Å². The summed E-state index contributed by atoms with van der Waals surface area (Å²) < 4.78 is 0. The first kappa shape index (κ1) is 13.8. The van der Waals surface area contributed by atoms with E-state index in [1.807, 2.05) is 49.4 Å². The predicted octanol–water partition coefficient (Wildman–Crippen LogP) is 3.34. The van der Waals surface area contributed by atoms with E-state index in [9.17, 15) is 9.90 Å². The fraction of sp³-hybridized carbons (Fsp3) is 0.278. The highest BCUT2D eigenvalue weighted by Gasteiger charge is 2.43. The molecule has 2 N–H and O–H groups in total. The molecule has 0 unspecified atom stereocenters. The molecule has 1 aliphatic rings. The molecule has 108 valence electrons. The number of carboxylic acid groups (broad SMARTS) is 1. The minimum absolute atomic E-state index is 0.0213. The van der Waals surface area contributed by atoms with Gasteiger partial charge < -0.3 is 10.2 Å². The van der Waals surface area contributed by atoms with Crippen molar-refractivity contribution >= 4 is 5.97 Å². The van der Waals surface area contributed by atoms with E-state index in [0.717, 1.165) is 34.2 Å². The van der Waals surface area contributed by atoms with Gasteiger partial charge in [-0.3, -0.25) is 4.79 Å². The lowest BCUT2D eigenvalue weighted by atomic mass is 9.95. The molecule has 3 rings (SSSR count). The summed E-state index contributed by atoms with van der Waals surface area (Å²) in [5.41, 5.74) is 5.20. The topological polar surface area (TPSA) is 57.5 Å². The first-order valence-electron chi connectivity index (χ1n) is 7.14. The third-order valence-electron chi connectivity index (χ3n) is 4.33. The zero-order valence-electron chi connectivity index (χ0n) is 11.9. The molecule has 2 aromatic carbocycles. The second kappa shape index (κ2) is 5.34. The molecule has 3 nitrogen and oxygen atoms in total. The van der Waals surface area contributed by atoms with Crippen LogP contribution in [-0.2, 0) is 11.4 Å². The molecule has 2 atom stereocenters. The van der Waals surface area contributed by atoms with E-state index in [2.05, 4.69) is 0 Å². The average Bonchev–Trinajstić information content (AvgIpc) is 3.28. The largest absolute Gasteiger partial charge is 0.481 e. The molecule has 1 fully saturated rings. The molecule has 2 aromatic rings. The lowest BCUT2D eigenvalue weighted by Crippen LogP contribution is -1.99. The van der Waals surface area contributed by atoms with Crippen molar-refractivity contribution in [3.05, 3.63) is 59.2 Å². The molecule has 0 bridgehead atoms. The van der Waals surface area contributed by atoms with E-state index in [0.29, 0.717) is 0 Å². The van der Waals surface area contributed by atoms with Crippen LogP contribution >= 0.6 is 0 Å². The van der Waals surface area contributed by atoms with E-state index in [-0.39, 0.29) is 18.4 Å². The van der Waals surface area contributed by atoms with Crippen LogP contribution in [-0.4, -0.2) is 16.2 Å². The highest BCUT2D eigenvalue weighted by atomic mass is 16.4. The number of carbonyl (C=O) groups is 1. The van der Waals surface area contributed by atoms with Gasteiger partial charge in [0.05, 0.1) is 12.5 Å². The standard InChI is InChI=1S/C18H18O3/c1-11-3-2-4-14(17(11)10-19)12-5-7-13(8-6-12)15-9-16(15)18(20)21/h2-8,15-16,19H,9-10H2,1H3,(H,20,21)/t15-,16+/m0/s1. The number of aliphatic hydroxyl groups is 1. The van der Waals surface area contributed by atoms with Crippen molar-refractivity contribution in [2.24, 2.45) is 5.92 Å². The zero-order chi connectivity index (χ0) is 15.0. The second-order valence-corrected chi connectivity index (χ2v) is 5.67. The van der Waals surface area contributed by atoms with Crippen LogP contribution in [0.4, 0.5) is 0 Å². The molecular weight excluding hydrogens is 264 g/mol. The van der Waals surface area contributed by atoms with Crippen molar-refractivity contribution in [1.29, 1.82) is 0 Å². The molecule has 0 spiro atoms. The quantitative estimate of drug-likeness (QED) is 0.904. The lowest BCUT2D eigenvalue weighted by Gasteiger charge is -2.11. The Balaban J connectivity index is 1.89. The maximum atomic E-state index is 10.9. The minimum Gasteiger partial charge on any atom is -0.481 e. The third kappa shape index (κ3) is 2.57. The molecule has 21 heavy (non-hydrogen) atoms. The van der Waals surface area contributed by atoms with E-state index in [4.69, 9.17) is 5.11 Å². The number of hydrogen-bond donors (Lipinski definition) is 2. The van der Waals surface area contributed by atoms with Gasteiger partial charge in [0.2, 0.25) is 0 Å². The van der Waals surface area contributed by atoms with Gasteiger partial charge in [-0.05, 0) is 47.1 Å². The van der Waals surface area contributed by atoms with E-state index in [1.165, 1.54) is 0 Å². The number of aryl methyl sites for hydroxylation is 1. The molecule has 0 amide bonds. The summed E-state index contributed by atoms with van der Waals surface area (Å²) in [6, 6.07) is 14.0. The number of aliphatic carboxylic acids is 1. The average molecular weight is 282 g/mol. The van der Waals surface area contributed by atoms with Crippen LogP contribution in [0.1, 0.15) is 29.0 Å². The van der Waals surface area contributed by atoms with Crippen LogP contribution < -0.4 is 0 Å². The lowest BCUT2D eigenvalue weighted by molar-refractivity contribution is -0.138. The summed E-state index contributed by atoms with van der Waals surface area (Å²) in [7, 11) is 0. The van der Waals surface area contributed by atoms with Gasteiger partial charge in [0.15, 0.2) is 0 Å². The minimum atomic E-state index is -0.703. The first-order valence-corrected chi connectivity index (χ1v) is 7.14. The van der Waals surface area contributed by atoms with Crippen LogP contribution in [0.2, 0.25) is 0 Å². The number of hydrogen-bond acceptors (Lipinski definition) is 2. The Morgan fingerprint density at radius 1 is 1.19 bits per heavy atom. The highest BCUT2D eigenvalue weighted by molar-refractivity contribution is 5.75. The van der Waals surface area contributed by atoms with Crippen LogP contribution in [0.25, 0.3) is 11.1 Å². The first-order chi connectivity index (χ1) is 10.1. The number of rotatable bonds is 4. The summed E-state index contributed by atoms with van der Waals surface area (Å²) in [5.74, 6) is -0.764. The number of carboxylic acids is 1. The van der Waals surface area contributed by atoms with Crippen LogP contribution in [0.15, 0.2) is 42.5 Å². The van der Waals surface area contributed by atoms with E-state index in [1.54, 1.807) is 0 Å². The van der Waals surface area contributed by atoms with Crippen molar-refractivity contribution in [2.45, 2.75) is 25.9 Å². The Hall–Kier alpha value is -2.13. The molecule has 0 saturated heterocycles. The second-order valence-electron chi connectivity index (χ2n) is 5.67. The number of aliphatic hydroxyl groups excluding tert-OH is 1. The number of benzene rings is 2. The van der Waals surface area contributed by atoms with Gasteiger partial charge in [0.25, 0.3) is 0 Å². The zero-order valence-corrected chi connectivity index (χ0v) is 11.9. The van der Waals surface area contributed by atoms with E-state index >= 15 is 0 Å². The van der Waals surface area contributed by atoms with Gasteiger partial charge >= 0.3 is 5.97 Å². The van der Waals surface area contributed by atoms with Crippen molar-refractivity contribution in [1.82, 2.24) is 0 Å². The van der Waals surface area contributed by atoms with Gasteiger partial charge in [-0.2, -0.15) is 0 Å². The van der Waals surface area contributed by atoms with E-state index < -0.39 is 5.97 Å². The van der Waals surface area contributed by atoms with Gasteiger partial charge in [0, 0.05) is 0 Å². The molecular formula is C18H18O3. The van der Waals surface area contributed by atoms with Crippen molar-refractivity contribution in [3.8, 4) is 11.1 Å². The van der Waals surface area contributed by atoms with Gasteiger partial charge in [0.1, 0.15) is 0 Å². The van der Waals surface area contributed by atoms with Crippen molar-refractivity contribution in [3.63, 3.8) is 0 Å². The molecule has 1 saturated carbocycles. The molecule has 0 aromatic heterocycles. The SMILES string of the molecule is Cc1cccc(-c2ccc([C@@H]3C[C@H]3C(=O)O)cc2)c1CO. The summed E-state index contributed by atoms with van der Waals surface area (Å²) >= 11 is 0. The molecule has 3 heteroatoms. The smallest absolute Gasteiger partial charge is 0.307 e. The molecule has 0 radical (unpaired) electrons. The predicted molar refractivity (Wildman–Crippen MR) is 81.0 cm³/mol. The fourth-order valence-electron chi connectivity index (χ4n) is 2.93. The molecule has 0 aliphatic heterocycles. The fourth-order valence-corrected chi connectivity index (χ4v) is 2.93. The Kier molecular flexibility index (Phi) is 3.52. The molecule has 0 heterocycles. The Labute approximate surface area is 123 Å². The Morgan fingerprint density at radius 2 is 1.90 bits per heavy atom. The maximum Gasteiger partial charge on any atom is 0.307 e. The maximum absolute atomic E-state index is 10.9. The molecule has 1 aliphatic carbocycles. The third-order valence-corrected chi connectivity index (χ3v) is 4.33. The summed E-state index contributed by atoms with van der Waals surface area (Å²) in [4.78, 5) is 10.9. The van der Waals surface area contributed by atoms with Crippen LogP contribution in [0.3, 0.4) is 0 Å². The van der Waals surface area contributed by atoms with Crippen LogP contribution in [0, 0.1) is 12.8 Å². The normalized spacial score (nSPS) is 20.3. The highest BCUT2D eigenvalue weighted by Crippen LogP contribution is 2.47. The van der Waals surface area contributed by atoms with Gasteiger partial charge in [-0.25, -0.2) is 0 Å². The summed E-state index contributed by atoms with van der Waals surface area (Å²) in [6.45, 7) is 2.01. The summed E-state index contributed by atoms with van der Waals surface area (Å²) in [6.07, 6.45) is 0.737. The van der Waals surface area contributed by atoms with Gasteiger partial charge in [-0.1, -0.05) is 42.5 Å². The Bertz CT molecular complexity index is 673. The van der Waals surface area contributed by atoms with Crippen molar-refractivity contribution < 1.29 is 15.0 Å². The summed E-state index contributed by atoms with van der Waals surface area (Å²) in [5, 5.41) is 18.5.